The number of carbonyl (C=O) groups is 1. The normalized spacial score (nSPS) is 13.5. The molecule has 1 unspecified atom stereocenters. The van der Waals surface area contributed by atoms with Gasteiger partial charge in [-0.05, 0) is 24.6 Å². The summed E-state index contributed by atoms with van der Waals surface area (Å²) < 4.78 is 22.0. The third-order valence-corrected chi connectivity index (χ3v) is 3.38. The van der Waals surface area contributed by atoms with Crippen molar-refractivity contribution in [1.29, 1.82) is 0 Å². The quantitative estimate of drug-likeness (QED) is 0.798. The fourth-order valence-corrected chi connectivity index (χ4v) is 1.62. The van der Waals surface area contributed by atoms with E-state index in [0.29, 0.717) is 5.56 Å². The number of benzene rings is 1. The lowest BCUT2D eigenvalue weighted by molar-refractivity contribution is 0.0697. The third-order valence-electron chi connectivity index (χ3n) is 2.12. The van der Waals surface area contributed by atoms with E-state index in [1.165, 1.54) is 31.2 Å². The first kappa shape index (κ1) is 11.7. The lowest BCUT2D eigenvalue weighted by Crippen LogP contribution is -2.19. The summed E-state index contributed by atoms with van der Waals surface area (Å²) in [6, 6.07) is 5.58. The van der Waals surface area contributed by atoms with Crippen LogP contribution in [0.1, 0.15) is 28.1 Å². The summed E-state index contributed by atoms with van der Waals surface area (Å²) in [6.45, 7) is 1.45. The molecule has 0 saturated carbocycles. The van der Waals surface area contributed by atoms with Gasteiger partial charge in [-0.3, -0.25) is 0 Å². The van der Waals surface area contributed by atoms with Crippen LogP contribution in [0.4, 0.5) is 0 Å². The monoisotopic (exact) mass is 229 g/mol. The van der Waals surface area contributed by atoms with Crippen LogP contribution in [0.2, 0.25) is 0 Å². The van der Waals surface area contributed by atoms with Crippen molar-refractivity contribution < 1.29 is 18.3 Å². The van der Waals surface area contributed by atoms with E-state index in [4.69, 9.17) is 10.2 Å². The first-order valence-electron chi connectivity index (χ1n) is 4.17. The predicted molar refractivity (Wildman–Crippen MR) is 54.9 cm³/mol. The molecule has 0 fully saturated rings. The van der Waals surface area contributed by atoms with Gasteiger partial charge in [0.2, 0.25) is 10.0 Å². The predicted octanol–water partition coefficient (Wildman–Crippen LogP) is 0.734. The van der Waals surface area contributed by atoms with Crippen LogP contribution < -0.4 is 5.14 Å². The SMILES string of the molecule is CC(c1ccc(C(=O)O)cc1)S(N)(=O)=O. The van der Waals surface area contributed by atoms with Gasteiger partial charge in [0, 0.05) is 0 Å². The molecule has 0 aliphatic heterocycles. The van der Waals surface area contributed by atoms with E-state index >= 15 is 0 Å². The van der Waals surface area contributed by atoms with Gasteiger partial charge in [-0.15, -0.1) is 0 Å². The zero-order valence-electron chi connectivity index (χ0n) is 8.04. The molecule has 3 N–H and O–H groups in total. The summed E-state index contributed by atoms with van der Waals surface area (Å²) in [6.07, 6.45) is 0. The molecule has 1 rings (SSSR count). The Hall–Kier alpha value is -1.40. The third kappa shape index (κ3) is 2.77. The molecule has 82 valence electrons. The molecule has 0 saturated heterocycles. The Morgan fingerprint density at radius 2 is 1.80 bits per heavy atom. The Labute approximate surface area is 87.6 Å². The van der Waals surface area contributed by atoms with Crippen molar-refractivity contribution in [3.05, 3.63) is 35.4 Å². The topological polar surface area (TPSA) is 97.5 Å². The lowest BCUT2D eigenvalue weighted by Gasteiger charge is -2.08. The van der Waals surface area contributed by atoms with Crippen molar-refractivity contribution in [2.45, 2.75) is 12.2 Å². The molecule has 1 atom stereocenters. The molecule has 15 heavy (non-hydrogen) atoms. The molecule has 0 amide bonds. The average molecular weight is 229 g/mol. The molecular formula is C9H11NO4S. The van der Waals surface area contributed by atoms with Crippen molar-refractivity contribution in [2.75, 3.05) is 0 Å². The number of rotatable bonds is 3. The van der Waals surface area contributed by atoms with Gasteiger partial charge in [-0.1, -0.05) is 12.1 Å². The smallest absolute Gasteiger partial charge is 0.335 e. The standard InChI is InChI=1S/C9H11NO4S/c1-6(15(10,13)14)7-2-4-8(5-3-7)9(11)12/h2-6H,1H3,(H,11,12)(H2,10,13,14). The number of sulfonamides is 1. The van der Waals surface area contributed by atoms with E-state index in [1.807, 2.05) is 0 Å². The van der Waals surface area contributed by atoms with Gasteiger partial charge in [-0.2, -0.15) is 0 Å². The molecule has 0 aliphatic rings. The first-order valence-corrected chi connectivity index (χ1v) is 5.78. The molecule has 0 aliphatic carbocycles. The molecule has 0 radical (unpaired) electrons. The number of hydrogen-bond acceptors (Lipinski definition) is 3. The molecule has 0 spiro atoms. The lowest BCUT2D eigenvalue weighted by atomic mass is 10.1. The zero-order valence-corrected chi connectivity index (χ0v) is 8.86. The van der Waals surface area contributed by atoms with Crippen LogP contribution >= 0.6 is 0 Å². The maximum absolute atomic E-state index is 11.0. The van der Waals surface area contributed by atoms with Crippen LogP contribution in [-0.2, 0) is 10.0 Å². The van der Waals surface area contributed by atoms with Gasteiger partial charge in [0.25, 0.3) is 0 Å². The highest BCUT2D eigenvalue weighted by molar-refractivity contribution is 7.89. The van der Waals surface area contributed by atoms with E-state index < -0.39 is 21.2 Å². The minimum absolute atomic E-state index is 0.111. The molecule has 0 aromatic heterocycles. The summed E-state index contributed by atoms with van der Waals surface area (Å²) in [5.41, 5.74) is 0.586. The van der Waals surface area contributed by atoms with Crippen LogP contribution in [0.25, 0.3) is 0 Å². The Kier molecular flexibility index (Phi) is 3.11. The first-order chi connectivity index (χ1) is 6.82. The summed E-state index contributed by atoms with van der Waals surface area (Å²) in [4.78, 5) is 10.5. The number of primary sulfonamides is 1. The van der Waals surface area contributed by atoms with E-state index in [2.05, 4.69) is 0 Å². The largest absolute Gasteiger partial charge is 0.478 e. The highest BCUT2D eigenvalue weighted by Gasteiger charge is 2.17. The van der Waals surface area contributed by atoms with Crippen molar-refractivity contribution in [2.24, 2.45) is 5.14 Å². The van der Waals surface area contributed by atoms with Gasteiger partial charge in [0.15, 0.2) is 0 Å². The molecule has 0 heterocycles. The molecule has 0 bridgehead atoms. The number of carboxylic acid groups (broad SMARTS) is 1. The number of hydrogen-bond donors (Lipinski definition) is 2. The highest BCUT2D eigenvalue weighted by atomic mass is 32.2. The van der Waals surface area contributed by atoms with Crippen LogP contribution in [0, 0.1) is 0 Å². The Balaban J connectivity index is 3.05. The van der Waals surface area contributed by atoms with Gasteiger partial charge in [-0.25, -0.2) is 18.4 Å². The van der Waals surface area contributed by atoms with Crippen molar-refractivity contribution in [1.82, 2.24) is 0 Å². The van der Waals surface area contributed by atoms with E-state index in [0.717, 1.165) is 0 Å². The van der Waals surface area contributed by atoms with Crippen molar-refractivity contribution in [3.8, 4) is 0 Å². The minimum Gasteiger partial charge on any atom is -0.478 e. The maximum Gasteiger partial charge on any atom is 0.335 e. The highest BCUT2D eigenvalue weighted by Crippen LogP contribution is 2.19. The minimum atomic E-state index is -3.64. The number of nitrogens with two attached hydrogens (primary N) is 1. The number of aromatic carboxylic acids is 1. The second-order valence-corrected chi connectivity index (χ2v) is 5.04. The van der Waals surface area contributed by atoms with Crippen molar-refractivity contribution in [3.63, 3.8) is 0 Å². The molecule has 1 aromatic rings. The Morgan fingerprint density at radius 3 is 2.13 bits per heavy atom. The van der Waals surface area contributed by atoms with Crippen LogP contribution in [0.3, 0.4) is 0 Å². The summed E-state index contributed by atoms with van der Waals surface area (Å²) in [5.74, 6) is -1.05. The van der Waals surface area contributed by atoms with E-state index in [-0.39, 0.29) is 5.56 Å². The fraction of sp³-hybridized carbons (Fsp3) is 0.222. The summed E-state index contributed by atoms with van der Waals surface area (Å²) in [7, 11) is -3.64. The van der Waals surface area contributed by atoms with Crippen LogP contribution in [0.5, 0.6) is 0 Å². The molecule has 6 heteroatoms. The maximum atomic E-state index is 11.0. The Morgan fingerprint density at radius 1 is 1.33 bits per heavy atom. The van der Waals surface area contributed by atoms with E-state index in [9.17, 15) is 13.2 Å². The molecular weight excluding hydrogens is 218 g/mol. The zero-order chi connectivity index (χ0) is 11.6. The molecule has 5 nitrogen and oxygen atoms in total. The van der Waals surface area contributed by atoms with Gasteiger partial charge < -0.3 is 5.11 Å². The molecule has 1 aromatic carbocycles. The number of carboxylic acids is 1. The van der Waals surface area contributed by atoms with Crippen molar-refractivity contribution >= 4 is 16.0 Å². The van der Waals surface area contributed by atoms with E-state index in [1.54, 1.807) is 0 Å². The van der Waals surface area contributed by atoms with Crippen LogP contribution in [-0.4, -0.2) is 19.5 Å². The van der Waals surface area contributed by atoms with Gasteiger partial charge >= 0.3 is 5.97 Å². The van der Waals surface area contributed by atoms with Gasteiger partial charge in [0.05, 0.1) is 10.8 Å². The second-order valence-electron chi connectivity index (χ2n) is 3.16. The summed E-state index contributed by atoms with van der Waals surface area (Å²) in [5, 5.41) is 12.8. The summed E-state index contributed by atoms with van der Waals surface area (Å²) >= 11 is 0. The second kappa shape index (κ2) is 4.00. The van der Waals surface area contributed by atoms with Crippen LogP contribution in [0.15, 0.2) is 24.3 Å². The Bertz CT molecular complexity index is 463. The fourth-order valence-electron chi connectivity index (χ4n) is 1.09. The van der Waals surface area contributed by atoms with Gasteiger partial charge in [0.1, 0.15) is 0 Å². The average Bonchev–Trinajstić information content (AvgIpc) is 2.15.